The first-order chi connectivity index (χ1) is 13.3. The fraction of sp³-hybridized carbons (Fsp3) is 0.0500. The highest BCUT2D eigenvalue weighted by Gasteiger charge is 2.17. The van der Waals surface area contributed by atoms with E-state index in [9.17, 15) is 17.6 Å². The van der Waals surface area contributed by atoms with Crippen LogP contribution in [0.2, 0.25) is 5.02 Å². The summed E-state index contributed by atoms with van der Waals surface area (Å²) in [6, 6.07) is 16.2. The van der Waals surface area contributed by atoms with Gasteiger partial charge in [0.2, 0.25) is 0 Å². The van der Waals surface area contributed by atoms with Gasteiger partial charge in [0.1, 0.15) is 5.82 Å². The van der Waals surface area contributed by atoms with Crippen molar-refractivity contribution in [2.45, 2.75) is 11.8 Å². The van der Waals surface area contributed by atoms with Crippen LogP contribution < -0.4 is 10.0 Å². The minimum atomic E-state index is -3.82. The molecule has 0 spiro atoms. The minimum absolute atomic E-state index is 0.0350. The zero-order valence-corrected chi connectivity index (χ0v) is 16.3. The number of sulfonamides is 1. The Labute approximate surface area is 167 Å². The van der Waals surface area contributed by atoms with E-state index in [1.54, 1.807) is 18.2 Å². The molecule has 0 saturated carbocycles. The minimum Gasteiger partial charge on any atom is -0.319 e. The standard InChI is InChI=1S/C20H16ClFN2O3S/c1-13-6-9-15(10-7-13)28(26,27)24-18-11-8-14(12-16(18)21)20(25)23-19-5-3-2-4-17(19)22/h2-12,24H,1H3,(H,23,25). The lowest BCUT2D eigenvalue weighted by atomic mass is 10.2. The smallest absolute Gasteiger partial charge is 0.261 e. The lowest BCUT2D eigenvalue weighted by molar-refractivity contribution is 0.102. The Kier molecular flexibility index (Phi) is 5.67. The van der Waals surface area contributed by atoms with Crippen LogP contribution in [0.15, 0.2) is 71.6 Å². The number of rotatable bonds is 5. The van der Waals surface area contributed by atoms with Gasteiger partial charge in [-0.25, -0.2) is 12.8 Å². The van der Waals surface area contributed by atoms with Gasteiger partial charge < -0.3 is 5.32 Å². The maximum Gasteiger partial charge on any atom is 0.261 e. The third-order valence-corrected chi connectivity index (χ3v) is 5.62. The predicted octanol–water partition coefficient (Wildman–Crippen LogP) is 4.84. The SMILES string of the molecule is Cc1ccc(S(=O)(=O)Nc2ccc(C(=O)Nc3ccccc3F)cc2Cl)cc1. The molecule has 2 N–H and O–H groups in total. The zero-order valence-electron chi connectivity index (χ0n) is 14.7. The highest BCUT2D eigenvalue weighted by Crippen LogP contribution is 2.26. The van der Waals surface area contributed by atoms with Crippen molar-refractivity contribution in [1.82, 2.24) is 0 Å². The van der Waals surface area contributed by atoms with Crippen LogP contribution >= 0.6 is 11.6 Å². The molecule has 144 valence electrons. The molecule has 0 aromatic heterocycles. The molecule has 0 aliphatic rings. The topological polar surface area (TPSA) is 75.3 Å². The summed E-state index contributed by atoms with van der Waals surface area (Å²) in [5, 5.41) is 2.48. The second-order valence-electron chi connectivity index (χ2n) is 6.05. The summed E-state index contributed by atoms with van der Waals surface area (Å²) in [5.41, 5.74) is 1.26. The molecule has 5 nitrogen and oxygen atoms in total. The molecule has 0 aliphatic heterocycles. The molecule has 0 bridgehead atoms. The van der Waals surface area contributed by atoms with Crippen LogP contribution in [-0.2, 0) is 10.0 Å². The summed E-state index contributed by atoms with van der Waals surface area (Å²) in [5.74, 6) is -1.13. The predicted molar refractivity (Wildman–Crippen MR) is 108 cm³/mol. The number of amides is 1. The number of halogens is 2. The third-order valence-electron chi connectivity index (χ3n) is 3.93. The Balaban J connectivity index is 1.79. The van der Waals surface area contributed by atoms with Crippen molar-refractivity contribution in [3.8, 4) is 0 Å². The summed E-state index contributed by atoms with van der Waals surface area (Å²) in [4.78, 5) is 12.4. The van der Waals surface area contributed by atoms with Crippen molar-refractivity contribution in [2.75, 3.05) is 10.0 Å². The normalized spacial score (nSPS) is 11.1. The number of para-hydroxylation sites is 1. The summed E-state index contributed by atoms with van der Waals surface area (Å²) in [7, 11) is -3.82. The molecule has 0 unspecified atom stereocenters. The molecule has 28 heavy (non-hydrogen) atoms. The van der Waals surface area contributed by atoms with Gasteiger partial charge in [0.25, 0.3) is 15.9 Å². The molecule has 0 fully saturated rings. The Bertz CT molecular complexity index is 1130. The molecule has 8 heteroatoms. The van der Waals surface area contributed by atoms with E-state index in [1.165, 1.54) is 48.5 Å². The van der Waals surface area contributed by atoms with Crippen molar-refractivity contribution >= 4 is 38.9 Å². The molecule has 3 aromatic rings. The van der Waals surface area contributed by atoms with Gasteiger partial charge in [0.15, 0.2) is 0 Å². The fourth-order valence-electron chi connectivity index (χ4n) is 2.42. The first-order valence-corrected chi connectivity index (χ1v) is 10.1. The molecular weight excluding hydrogens is 403 g/mol. The lowest BCUT2D eigenvalue weighted by Gasteiger charge is -2.11. The number of benzene rings is 3. The highest BCUT2D eigenvalue weighted by atomic mass is 35.5. The van der Waals surface area contributed by atoms with Crippen LogP contribution in [0.5, 0.6) is 0 Å². The molecule has 3 aromatic carbocycles. The van der Waals surface area contributed by atoms with Gasteiger partial charge in [-0.3, -0.25) is 9.52 Å². The number of anilines is 2. The fourth-order valence-corrected chi connectivity index (χ4v) is 3.78. The number of carbonyl (C=O) groups is 1. The molecule has 0 heterocycles. The van der Waals surface area contributed by atoms with Crippen molar-refractivity contribution in [3.05, 3.63) is 88.7 Å². The third kappa shape index (κ3) is 4.49. The number of hydrogen-bond acceptors (Lipinski definition) is 3. The summed E-state index contributed by atoms with van der Waals surface area (Å²) in [6.45, 7) is 1.85. The van der Waals surface area contributed by atoms with E-state index >= 15 is 0 Å². The number of hydrogen-bond donors (Lipinski definition) is 2. The Morgan fingerprint density at radius 3 is 2.29 bits per heavy atom. The Hall–Kier alpha value is -2.90. The molecule has 0 atom stereocenters. The Morgan fingerprint density at radius 2 is 1.64 bits per heavy atom. The quantitative estimate of drug-likeness (QED) is 0.622. The van der Waals surface area contributed by atoms with Crippen molar-refractivity contribution in [2.24, 2.45) is 0 Å². The summed E-state index contributed by atoms with van der Waals surface area (Å²) in [6.07, 6.45) is 0. The van der Waals surface area contributed by atoms with Crippen molar-refractivity contribution in [1.29, 1.82) is 0 Å². The van der Waals surface area contributed by atoms with Crippen LogP contribution in [-0.4, -0.2) is 14.3 Å². The first kappa shape index (κ1) is 19.9. The zero-order chi connectivity index (χ0) is 20.3. The maximum absolute atomic E-state index is 13.7. The Morgan fingerprint density at radius 1 is 0.964 bits per heavy atom. The largest absolute Gasteiger partial charge is 0.319 e. The second-order valence-corrected chi connectivity index (χ2v) is 8.14. The molecule has 1 amide bonds. The lowest BCUT2D eigenvalue weighted by Crippen LogP contribution is -2.15. The van der Waals surface area contributed by atoms with E-state index < -0.39 is 21.7 Å². The van der Waals surface area contributed by atoms with E-state index in [0.717, 1.165) is 5.56 Å². The van der Waals surface area contributed by atoms with Gasteiger partial charge in [-0.1, -0.05) is 41.4 Å². The molecule has 0 radical (unpaired) electrons. The van der Waals surface area contributed by atoms with Gasteiger partial charge in [-0.05, 0) is 49.4 Å². The van der Waals surface area contributed by atoms with Gasteiger partial charge in [-0.15, -0.1) is 0 Å². The second kappa shape index (κ2) is 8.00. The van der Waals surface area contributed by atoms with Gasteiger partial charge in [-0.2, -0.15) is 0 Å². The van der Waals surface area contributed by atoms with E-state index in [4.69, 9.17) is 11.6 Å². The van der Waals surface area contributed by atoms with Crippen LogP contribution in [0.4, 0.5) is 15.8 Å². The molecular formula is C20H16ClFN2O3S. The van der Waals surface area contributed by atoms with E-state index in [0.29, 0.717) is 0 Å². The molecule has 0 aliphatic carbocycles. The van der Waals surface area contributed by atoms with Crippen LogP contribution in [0.1, 0.15) is 15.9 Å². The van der Waals surface area contributed by atoms with Gasteiger partial charge in [0.05, 0.1) is 21.3 Å². The van der Waals surface area contributed by atoms with Crippen molar-refractivity contribution in [3.63, 3.8) is 0 Å². The first-order valence-electron chi connectivity index (χ1n) is 8.21. The molecule has 3 rings (SSSR count). The number of aryl methyl sites for hydroxylation is 1. The highest BCUT2D eigenvalue weighted by molar-refractivity contribution is 7.92. The number of carbonyl (C=O) groups excluding carboxylic acids is 1. The average molecular weight is 419 g/mol. The van der Waals surface area contributed by atoms with Gasteiger partial charge >= 0.3 is 0 Å². The van der Waals surface area contributed by atoms with E-state index in [-0.39, 0.29) is 26.9 Å². The summed E-state index contributed by atoms with van der Waals surface area (Å²) >= 11 is 6.15. The van der Waals surface area contributed by atoms with E-state index in [1.807, 2.05) is 6.92 Å². The van der Waals surface area contributed by atoms with Crippen molar-refractivity contribution < 1.29 is 17.6 Å². The van der Waals surface area contributed by atoms with Crippen LogP contribution in [0, 0.1) is 12.7 Å². The maximum atomic E-state index is 13.7. The molecule has 0 saturated heterocycles. The monoisotopic (exact) mass is 418 g/mol. The van der Waals surface area contributed by atoms with Crippen LogP contribution in [0.3, 0.4) is 0 Å². The van der Waals surface area contributed by atoms with Crippen LogP contribution in [0.25, 0.3) is 0 Å². The van der Waals surface area contributed by atoms with E-state index in [2.05, 4.69) is 10.0 Å². The number of nitrogens with one attached hydrogen (secondary N) is 2. The summed E-state index contributed by atoms with van der Waals surface area (Å²) < 4.78 is 41.0. The van der Waals surface area contributed by atoms with Gasteiger partial charge in [0, 0.05) is 5.56 Å². The average Bonchev–Trinajstić information content (AvgIpc) is 2.65.